The molecule has 0 atom stereocenters. The SMILES string of the molecule is CCc1cc2c(N(CC#N)CC#N)nc(Cl)nc2s1. The number of hydrogen-bond acceptors (Lipinski definition) is 6. The number of rotatable bonds is 4. The molecule has 0 fully saturated rings. The second-order valence-corrected chi connectivity index (χ2v) is 5.23. The summed E-state index contributed by atoms with van der Waals surface area (Å²) in [5.41, 5.74) is 0. The van der Waals surface area contributed by atoms with Gasteiger partial charge in [0.15, 0.2) is 0 Å². The molecule has 0 radical (unpaired) electrons. The first kappa shape index (κ1) is 13.5. The van der Waals surface area contributed by atoms with Crippen LogP contribution in [0, 0.1) is 22.7 Å². The predicted octanol–water partition coefficient (Wildman–Crippen LogP) is 2.76. The van der Waals surface area contributed by atoms with Gasteiger partial charge in [-0.15, -0.1) is 11.3 Å². The minimum Gasteiger partial charge on any atom is -0.329 e. The summed E-state index contributed by atoms with van der Waals surface area (Å²) in [6.45, 7) is 2.24. The fourth-order valence-corrected chi connectivity index (χ4v) is 2.90. The number of nitrogens with zero attached hydrogens (tertiary/aromatic N) is 5. The van der Waals surface area contributed by atoms with Crippen LogP contribution in [-0.4, -0.2) is 23.1 Å². The fourth-order valence-electron chi connectivity index (χ4n) is 1.72. The van der Waals surface area contributed by atoms with Crippen molar-refractivity contribution in [3.8, 4) is 12.1 Å². The lowest BCUT2D eigenvalue weighted by Gasteiger charge is -2.17. The zero-order valence-corrected chi connectivity index (χ0v) is 11.8. The molecule has 0 saturated heterocycles. The molecular formula is C12H10ClN5S. The zero-order chi connectivity index (χ0) is 13.8. The minimum atomic E-state index is 0.0906. The van der Waals surface area contributed by atoms with E-state index in [1.807, 2.05) is 18.2 Å². The lowest BCUT2D eigenvalue weighted by atomic mass is 10.3. The minimum absolute atomic E-state index is 0.0906. The highest BCUT2D eigenvalue weighted by Gasteiger charge is 2.16. The lowest BCUT2D eigenvalue weighted by molar-refractivity contribution is 0.938. The Morgan fingerprint density at radius 3 is 2.58 bits per heavy atom. The third-order valence-electron chi connectivity index (χ3n) is 2.57. The van der Waals surface area contributed by atoms with Gasteiger partial charge in [0.25, 0.3) is 0 Å². The molecule has 5 nitrogen and oxygen atoms in total. The lowest BCUT2D eigenvalue weighted by Crippen LogP contribution is -2.25. The fraction of sp³-hybridized carbons (Fsp3) is 0.333. The second-order valence-electron chi connectivity index (χ2n) is 3.77. The van der Waals surface area contributed by atoms with Crippen molar-refractivity contribution in [1.82, 2.24) is 9.97 Å². The average molecular weight is 292 g/mol. The Labute approximate surface area is 119 Å². The number of nitriles is 2. The smallest absolute Gasteiger partial charge is 0.225 e. The third kappa shape index (κ3) is 2.76. The molecule has 0 bridgehead atoms. The number of thiophene rings is 1. The second kappa shape index (κ2) is 5.83. The topological polar surface area (TPSA) is 76.6 Å². The van der Waals surface area contributed by atoms with Gasteiger partial charge >= 0.3 is 0 Å². The molecule has 0 amide bonds. The predicted molar refractivity (Wildman–Crippen MR) is 75.2 cm³/mol. The molecule has 96 valence electrons. The summed E-state index contributed by atoms with van der Waals surface area (Å²) >= 11 is 7.46. The molecule has 0 N–H and O–H groups in total. The van der Waals surface area contributed by atoms with Gasteiger partial charge in [0.1, 0.15) is 23.7 Å². The Bertz CT molecular complexity index is 666. The number of anilines is 1. The van der Waals surface area contributed by atoms with Gasteiger partial charge in [-0.05, 0) is 24.1 Å². The van der Waals surface area contributed by atoms with Crippen LogP contribution in [0.3, 0.4) is 0 Å². The molecule has 0 aromatic carbocycles. The Hall–Kier alpha value is -1.89. The van der Waals surface area contributed by atoms with E-state index in [9.17, 15) is 0 Å². The van der Waals surface area contributed by atoms with Crippen molar-refractivity contribution in [2.75, 3.05) is 18.0 Å². The van der Waals surface area contributed by atoms with Crippen molar-refractivity contribution >= 4 is 39.0 Å². The summed E-state index contributed by atoms with van der Waals surface area (Å²) in [7, 11) is 0. The summed E-state index contributed by atoms with van der Waals surface area (Å²) in [6.07, 6.45) is 0.897. The molecule has 2 aromatic rings. The number of aromatic nitrogens is 2. The highest BCUT2D eigenvalue weighted by molar-refractivity contribution is 7.18. The molecule has 0 aliphatic rings. The first-order valence-electron chi connectivity index (χ1n) is 5.64. The molecule has 2 rings (SSSR count). The largest absolute Gasteiger partial charge is 0.329 e. The third-order valence-corrected chi connectivity index (χ3v) is 3.91. The summed E-state index contributed by atoms with van der Waals surface area (Å²) in [5, 5.41) is 18.7. The first-order valence-corrected chi connectivity index (χ1v) is 6.83. The summed E-state index contributed by atoms with van der Waals surface area (Å²) in [6, 6.07) is 6.05. The monoisotopic (exact) mass is 291 g/mol. The van der Waals surface area contributed by atoms with Crippen LogP contribution < -0.4 is 4.90 Å². The van der Waals surface area contributed by atoms with Crippen molar-refractivity contribution < 1.29 is 0 Å². The maximum atomic E-state index is 8.84. The molecular weight excluding hydrogens is 282 g/mol. The van der Waals surface area contributed by atoms with Crippen LogP contribution in [0.5, 0.6) is 0 Å². The van der Waals surface area contributed by atoms with E-state index in [2.05, 4.69) is 16.9 Å². The van der Waals surface area contributed by atoms with Crippen LogP contribution in [0.4, 0.5) is 5.82 Å². The van der Waals surface area contributed by atoms with E-state index >= 15 is 0 Å². The number of halogens is 1. The maximum Gasteiger partial charge on any atom is 0.225 e. The highest BCUT2D eigenvalue weighted by atomic mass is 35.5. The Morgan fingerprint density at radius 2 is 2.00 bits per heavy atom. The van der Waals surface area contributed by atoms with E-state index in [1.54, 1.807) is 16.2 Å². The summed E-state index contributed by atoms with van der Waals surface area (Å²) < 4.78 is 0. The van der Waals surface area contributed by atoms with E-state index in [0.717, 1.165) is 16.6 Å². The van der Waals surface area contributed by atoms with Gasteiger partial charge in [0.05, 0.1) is 17.5 Å². The van der Waals surface area contributed by atoms with Gasteiger partial charge in [-0.2, -0.15) is 15.5 Å². The highest BCUT2D eigenvalue weighted by Crippen LogP contribution is 2.32. The Balaban J connectivity index is 2.60. The molecule has 7 heteroatoms. The molecule has 0 saturated carbocycles. The van der Waals surface area contributed by atoms with E-state index < -0.39 is 0 Å². The number of hydrogen-bond donors (Lipinski definition) is 0. The molecule has 0 aliphatic heterocycles. The zero-order valence-electron chi connectivity index (χ0n) is 10.2. The van der Waals surface area contributed by atoms with Crippen LogP contribution >= 0.6 is 22.9 Å². The van der Waals surface area contributed by atoms with Gasteiger partial charge in [-0.1, -0.05) is 6.92 Å². The van der Waals surface area contributed by atoms with Crippen LogP contribution in [0.25, 0.3) is 10.2 Å². The molecule has 2 aromatic heterocycles. The van der Waals surface area contributed by atoms with Crippen molar-refractivity contribution in [2.24, 2.45) is 0 Å². The summed E-state index contributed by atoms with van der Waals surface area (Å²) in [5.74, 6) is 0.550. The molecule has 19 heavy (non-hydrogen) atoms. The standard InChI is InChI=1S/C12H10ClN5S/c1-2-8-7-9-10(18(5-3-14)6-4-15)16-12(13)17-11(9)19-8/h7H,2,5-6H2,1H3. The maximum absolute atomic E-state index is 8.84. The van der Waals surface area contributed by atoms with Gasteiger partial charge in [-0.25, -0.2) is 4.98 Å². The Morgan fingerprint density at radius 1 is 1.32 bits per heavy atom. The van der Waals surface area contributed by atoms with Crippen molar-refractivity contribution in [3.05, 3.63) is 16.2 Å². The van der Waals surface area contributed by atoms with Gasteiger partial charge in [-0.3, -0.25) is 0 Å². The van der Waals surface area contributed by atoms with E-state index in [1.165, 1.54) is 4.88 Å². The van der Waals surface area contributed by atoms with Crippen molar-refractivity contribution in [1.29, 1.82) is 10.5 Å². The van der Waals surface area contributed by atoms with Gasteiger partial charge in [0.2, 0.25) is 5.28 Å². The van der Waals surface area contributed by atoms with Crippen molar-refractivity contribution in [3.63, 3.8) is 0 Å². The van der Waals surface area contributed by atoms with Crippen molar-refractivity contribution in [2.45, 2.75) is 13.3 Å². The van der Waals surface area contributed by atoms with Crippen LogP contribution in [0.15, 0.2) is 6.07 Å². The Kier molecular flexibility index (Phi) is 4.16. The van der Waals surface area contributed by atoms with E-state index in [0.29, 0.717) is 5.82 Å². The quantitative estimate of drug-likeness (QED) is 0.639. The van der Waals surface area contributed by atoms with Crippen LogP contribution in [0.1, 0.15) is 11.8 Å². The molecule has 2 heterocycles. The number of aryl methyl sites for hydroxylation is 1. The normalized spacial score (nSPS) is 10.1. The average Bonchev–Trinajstić information content (AvgIpc) is 2.80. The first-order chi connectivity index (χ1) is 9.19. The number of fused-ring (bicyclic) bond motifs is 1. The van der Waals surface area contributed by atoms with Gasteiger partial charge in [0, 0.05) is 4.88 Å². The van der Waals surface area contributed by atoms with E-state index in [4.69, 9.17) is 22.1 Å². The van der Waals surface area contributed by atoms with Crippen LogP contribution in [-0.2, 0) is 6.42 Å². The molecule has 0 unspecified atom stereocenters. The van der Waals surface area contributed by atoms with Crippen LogP contribution in [0.2, 0.25) is 5.28 Å². The molecule has 0 aliphatic carbocycles. The summed E-state index contributed by atoms with van der Waals surface area (Å²) in [4.78, 5) is 11.9. The van der Waals surface area contributed by atoms with E-state index in [-0.39, 0.29) is 18.4 Å². The van der Waals surface area contributed by atoms with Gasteiger partial charge < -0.3 is 4.90 Å². The molecule has 0 spiro atoms.